The Balaban J connectivity index is 1.82. The summed E-state index contributed by atoms with van der Waals surface area (Å²) in [4.78, 5) is 0. The fourth-order valence-electron chi connectivity index (χ4n) is 3.23. The van der Waals surface area contributed by atoms with Crippen molar-refractivity contribution in [2.24, 2.45) is 0 Å². The van der Waals surface area contributed by atoms with Crippen LogP contribution in [0.3, 0.4) is 0 Å². The predicted molar refractivity (Wildman–Crippen MR) is 69.3 cm³/mol. The van der Waals surface area contributed by atoms with Crippen LogP contribution in [0.1, 0.15) is 42.9 Å². The highest BCUT2D eigenvalue weighted by molar-refractivity contribution is 5.28. The summed E-state index contributed by atoms with van der Waals surface area (Å²) < 4.78 is 44.5. The van der Waals surface area contributed by atoms with E-state index in [4.69, 9.17) is 4.74 Å². The maximum absolute atomic E-state index is 12.8. The van der Waals surface area contributed by atoms with Gasteiger partial charge in [-0.1, -0.05) is 25.0 Å². The lowest BCUT2D eigenvalue weighted by atomic mass is 9.97. The molecule has 1 atom stereocenters. The van der Waals surface area contributed by atoms with Crippen LogP contribution in [-0.4, -0.2) is 18.7 Å². The molecule has 3 rings (SSSR count). The topological polar surface area (TPSA) is 21.3 Å². The highest BCUT2D eigenvalue weighted by Gasteiger charge is 2.40. The molecule has 2 aliphatic rings. The van der Waals surface area contributed by atoms with Gasteiger partial charge in [0.05, 0.1) is 17.3 Å². The van der Waals surface area contributed by atoms with Gasteiger partial charge in [0, 0.05) is 13.1 Å². The van der Waals surface area contributed by atoms with Crippen molar-refractivity contribution in [1.82, 2.24) is 5.32 Å². The van der Waals surface area contributed by atoms with E-state index in [1.165, 1.54) is 12.1 Å². The number of halogens is 3. The molecule has 110 valence electrons. The van der Waals surface area contributed by atoms with E-state index in [0.717, 1.165) is 38.3 Å². The molecule has 1 saturated heterocycles. The molecule has 1 unspecified atom stereocenters. The average molecular weight is 285 g/mol. The first-order chi connectivity index (χ1) is 9.49. The van der Waals surface area contributed by atoms with Gasteiger partial charge >= 0.3 is 6.18 Å². The highest BCUT2D eigenvalue weighted by atomic mass is 19.4. The van der Waals surface area contributed by atoms with Gasteiger partial charge in [-0.2, -0.15) is 13.2 Å². The standard InChI is InChI=1S/C15H18F3NO/c16-15(17,18)12-5-3-4-11(8-12)13-9-19-10-14(20-13)6-1-2-7-14/h3-5,8,13,19H,1-2,6-7,9-10H2. The van der Waals surface area contributed by atoms with Gasteiger partial charge in [0.2, 0.25) is 0 Å². The van der Waals surface area contributed by atoms with E-state index in [1.54, 1.807) is 6.07 Å². The summed E-state index contributed by atoms with van der Waals surface area (Å²) in [6.45, 7) is 1.38. The number of rotatable bonds is 1. The van der Waals surface area contributed by atoms with Crippen LogP contribution in [0.2, 0.25) is 0 Å². The minimum Gasteiger partial charge on any atom is -0.364 e. The normalized spacial score (nSPS) is 26.1. The number of nitrogens with one attached hydrogen (secondary N) is 1. The zero-order valence-electron chi connectivity index (χ0n) is 11.2. The summed E-state index contributed by atoms with van der Waals surface area (Å²) >= 11 is 0. The molecule has 1 heterocycles. The quantitative estimate of drug-likeness (QED) is 0.850. The van der Waals surface area contributed by atoms with Crippen LogP contribution in [0, 0.1) is 0 Å². The number of benzene rings is 1. The van der Waals surface area contributed by atoms with Crippen molar-refractivity contribution in [3.8, 4) is 0 Å². The Morgan fingerprint density at radius 1 is 1.20 bits per heavy atom. The molecule has 20 heavy (non-hydrogen) atoms. The molecule has 0 aromatic heterocycles. The zero-order valence-corrected chi connectivity index (χ0v) is 11.2. The van der Waals surface area contributed by atoms with Crippen LogP contribution < -0.4 is 5.32 Å². The second kappa shape index (κ2) is 5.04. The molecule has 1 N–H and O–H groups in total. The Morgan fingerprint density at radius 3 is 2.65 bits per heavy atom. The van der Waals surface area contributed by atoms with Crippen molar-refractivity contribution in [1.29, 1.82) is 0 Å². The Labute approximate surface area is 116 Å². The second-order valence-electron chi connectivity index (χ2n) is 5.75. The fourth-order valence-corrected chi connectivity index (χ4v) is 3.23. The molecular formula is C15H18F3NO. The first kappa shape index (κ1) is 13.9. The smallest absolute Gasteiger partial charge is 0.364 e. The number of alkyl halides is 3. The maximum Gasteiger partial charge on any atom is 0.416 e. The van der Waals surface area contributed by atoms with Crippen molar-refractivity contribution in [3.63, 3.8) is 0 Å². The Morgan fingerprint density at radius 2 is 1.95 bits per heavy atom. The fraction of sp³-hybridized carbons (Fsp3) is 0.600. The Bertz CT molecular complexity index is 480. The van der Waals surface area contributed by atoms with Gasteiger partial charge < -0.3 is 10.1 Å². The number of ether oxygens (including phenoxy) is 1. The van der Waals surface area contributed by atoms with Crippen LogP contribution >= 0.6 is 0 Å². The molecule has 1 spiro atoms. The average Bonchev–Trinajstić information content (AvgIpc) is 2.86. The second-order valence-corrected chi connectivity index (χ2v) is 5.75. The van der Waals surface area contributed by atoms with Gasteiger partial charge in [-0.15, -0.1) is 0 Å². The minimum atomic E-state index is -4.30. The summed E-state index contributed by atoms with van der Waals surface area (Å²) in [5.41, 5.74) is -0.167. The highest BCUT2D eigenvalue weighted by Crippen LogP contribution is 2.40. The van der Waals surface area contributed by atoms with Crippen LogP contribution in [0.4, 0.5) is 13.2 Å². The lowest BCUT2D eigenvalue weighted by Gasteiger charge is -2.39. The van der Waals surface area contributed by atoms with Crippen molar-refractivity contribution in [3.05, 3.63) is 35.4 Å². The van der Waals surface area contributed by atoms with E-state index in [1.807, 2.05) is 0 Å². The van der Waals surface area contributed by atoms with E-state index in [9.17, 15) is 13.2 Å². The SMILES string of the molecule is FC(F)(F)c1cccc(C2CNCC3(CCCC3)O2)c1. The molecule has 0 radical (unpaired) electrons. The third-order valence-electron chi connectivity index (χ3n) is 4.27. The number of hydrogen-bond donors (Lipinski definition) is 1. The molecule has 1 aromatic rings. The summed E-state index contributed by atoms with van der Waals surface area (Å²) in [6, 6.07) is 5.48. The summed E-state index contributed by atoms with van der Waals surface area (Å²) in [6.07, 6.45) is -0.327. The van der Waals surface area contributed by atoms with Gasteiger partial charge in [0.25, 0.3) is 0 Å². The van der Waals surface area contributed by atoms with Crippen molar-refractivity contribution < 1.29 is 17.9 Å². The van der Waals surface area contributed by atoms with E-state index in [0.29, 0.717) is 12.1 Å². The van der Waals surface area contributed by atoms with Crippen molar-refractivity contribution in [2.45, 2.75) is 43.6 Å². The maximum atomic E-state index is 12.8. The Hall–Kier alpha value is -1.07. The summed E-state index contributed by atoms with van der Waals surface area (Å²) in [7, 11) is 0. The van der Waals surface area contributed by atoms with Crippen LogP contribution in [0.15, 0.2) is 24.3 Å². The van der Waals surface area contributed by atoms with Gasteiger partial charge in [0.1, 0.15) is 0 Å². The molecule has 1 saturated carbocycles. The molecule has 1 aliphatic heterocycles. The van der Waals surface area contributed by atoms with E-state index in [2.05, 4.69) is 5.32 Å². The first-order valence-corrected chi connectivity index (χ1v) is 7.04. The number of morpholine rings is 1. The summed E-state index contributed by atoms with van der Waals surface area (Å²) in [5, 5.41) is 3.32. The zero-order chi connectivity index (χ0) is 14.2. The van der Waals surface area contributed by atoms with E-state index in [-0.39, 0.29) is 11.7 Å². The molecule has 5 heteroatoms. The monoisotopic (exact) mass is 285 g/mol. The van der Waals surface area contributed by atoms with Crippen LogP contribution in [0.5, 0.6) is 0 Å². The van der Waals surface area contributed by atoms with Crippen LogP contribution in [0.25, 0.3) is 0 Å². The van der Waals surface area contributed by atoms with E-state index < -0.39 is 11.7 Å². The lowest BCUT2D eigenvalue weighted by molar-refractivity contribution is -0.138. The number of hydrogen-bond acceptors (Lipinski definition) is 2. The molecule has 1 aliphatic carbocycles. The third-order valence-corrected chi connectivity index (χ3v) is 4.27. The van der Waals surface area contributed by atoms with Gasteiger partial charge in [-0.3, -0.25) is 0 Å². The third kappa shape index (κ3) is 2.69. The molecular weight excluding hydrogens is 267 g/mol. The molecule has 2 nitrogen and oxygen atoms in total. The predicted octanol–water partition coefficient (Wildman–Crippen LogP) is 3.68. The van der Waals surface area contributed by atoms with E-state index >= 15 is 0 Å². The molecule has 2 fully saturated rings. The molecule has 1 aromatic carbocycles. The summed E-state index contributed by atoms with van der Waals surface area (Å²) in [5.74, 6) is 0. The minimum absolute atomic E-state index is 0.169. The largest absolute Gasteiger partial charge is 0.416 e. The Kier molecular flexibility index (Phi) is 3.50. The molecule has 0 amide bonds. The van der Waals surface area contributed by atoms with Gasteiger partial charge in [-0.25, -0.2) is 0 Å². The van der Waals surface area contributed by atoms with Gasteiger partial charge in [0.15, 0.2) is 0 Å². The lowest BCUT2D eigenvalue weighted by Crippen LogP contribution is -2.49. The van der Waals surface area contributed by atoms with Crippen LogP contribution in [-0.2, 0) is 10.9 Å². The first-order valence-electron chi connectivity index (χ1n) is 7.04. The molecule has 0 bridgehead atoms. The van der Waals surface area contributed by atoms with Crippen molar-refractivity contribution in [2.75, 3.05) is 13.1 Å². The van der Waals surface area contributed by atoms with Gasteiger partial charge in [-0.05, 0) is 30.5 Å². The van der Waals surface area contributed by atoms with Crippen molar-refractivity contribution >= 4 is 0 Å².